The van der Waals surface area contributed by atoms with Crippen LogP contribution in [0.15, 0.2) is 85.2 Å². The van der Waals surface area contributed by atoms with E-state index in [0.29, 0.717) is 60.7 Å². The second-order valence-electron chi connectivity index (χ2n) is 10.6. The number of fused-ring (bicyclic) bond motifs is 1. The van der Waals surface area contributed by atoms with Crippen LogP contribution in [0.2, 0.25) is 0 Å². The average Bonchev–Trinajstić information content (AvgIpc) is 2.94. The maximum absolute atomic E-state index is 12.9. The predicted octanol–water partition coefficient (Wildman–Crippen LogP) is 6.14. The molecule has 4 aromatic rings. The molecular weight excluding hydrogens is 504 g/mol. The topological polar surface area (TPSA) is 106 Å². The molecule has 206 valence electrons. The molecular formula is C31H34N6O3. The van der Waals surface area contributed by atoms with Gasteiger partial charge in [0.25, 0.3) is 0 Å². The second kappa shape index (κ2) is 11.5. The molecule has 0 unspecified atom stereocenters. The zero-order valence-electron chi connectivity index (χ0n) is 23.0. The van der Waals surface area contributed by atoms with Gasteiger partial charge in [0.2, 0.25) is 0 Å². The monoisotopic (exact) mass is 538 g/mol. The lowest BCUT2D eigenvalue weighted by Crippen LogP contribution is -2.41. The van der Waals surface area contributed by atoms with Crippen molar-refractivity contribution in [3.63, 3.8) is 0 Å². The summed E-state index contributed by atoms with van der Waals surface area (Å²) in [6, 6.07) is 25.9. The van der Waals surface area contributed by atoms with Crippen LogP contribution in [0.25, 0.3) is 0 Å². The molecule has 0 radical (unpaired) electrons. The molecule has 0 aliphatic carbocycles. The van der Waals surface area contributed by atoms with E-state index in [1.54, 1.807) is 4.90 Å². The number of amides is 1. The Labute approximate surface area is 234 Å². The first-order valence-corrected chi connectivity index (χ1v) is 13.2. The molecule has 5 rings (SSSR count). The van der Waals surface area contributed by atoms with E-state index in [0.717, 1.165) is 11.1 Å². The number of nitrogens with two attached hydrogens (primary N) is 1. The third-order valence-electron chi connectivity index (χ3n) is 6.29. The Kier molecular flexibility index (Phi) is 7.72. The summed E-state index contributed by atoms with van der Waals surface area (Å²) in [5.41, 5.74) is 10.1. The largest absolute Gasteiger partial charge is 0.490 e. The molecule has 1 amide bonds. The Morgan fingerprint density at radius 3 is 2.27 bits per heavy atom. The Hall–Kier alpha value is -4.79. The number of nitrogens with zero attached hydrogens (tertiary/aromatic N) is 4. The van der Waals surface area contributed by atoms with Crippen molar-refractivity contribution >= 4 is 34.8 Å². The summed E-state index contributed by atoms with van der Waals surface area (Å²) in [5, 5.41) is 3.32. The van der Waals surface area contributed by atoms with Gasteiger partial charge in [-0.25, -0.2) is 14.8 Å². The van der Waals surface area contributed by atoms with Crippen LogP contribution in [0.4, 0.5) is 33.5 Å². The van der Waals surface area contributed by atoms with E-state index in [-0.39, 0.29) is 0 Å². The number of nitrogen functional groups attached to an aromatic ring is 1. The first-order chi connectivity index (χ1) is 19.3. The van der Waals surface area contributed by atoms with Gasteiger partial charge in [-0.15, -0.1) is 0 Å². The van der Waals surface area contributed by atoms with Crippen LogP contribution >= 0.6 is 0 Å². The molecule has 1 aromatic heterocycles. The highest BCUT2D eigenvalue weighted by Crippen LogP contribution is 2.37. The minimum Gasteiger partial charge on any atom is -0.490 e. The normalized spacial score (nSPS) is 12.7. The van der Waals surface area contributed by atoms with Crippen LogP contribution < -0.4 is 25.6 Å². The maximum Gasteiger partial charge on any atom is 0.415 e. The van der Waals surface area contributed by atoms with Crippen LogP contribution in [-0.4, -0.2) is 34.8 Å². The number of carbonyl (C=O) groups excluding carboxylic acids is 1. The van der Waals surface area contributed by atoms with Gasteiger partial charge in [0.15, 0.2) is 11.6 Å². The minimum absolute atomic E-state index is 0.388. The van der Waals surface area contributed by atoms with Crippen molar-refractivity contribution in [1.82, 2.24) is 9.97 Å². The summed E-state index contributed by atoms with van der Waals surface area (Å²) in [6.07, 6.45) is 1.08. The number of rotatable bonds is 7. The molecule has 3 N–H and O–H groups in total. The van der Waals surface area contributed by atoms with Crippen LogP contribution in [-0.2, 0) is 17.8 Å². The summed E-state index contributed by atoms with van der Waals surface area (Å²) >= 11 is 0. The average molecular weight is 539 g/mol. The SMILES string of the molecule is CC(C)(C)OC(=O)N1CCOc2ccc(Nc3ncnc(N(Cc4ccccc4)Cc4ccccc4)c3N)cc21. The summed E-state index contributed by atoms with van der Waals surface area (Å²) in [5.74, 6) is 1.70. The van der Waals surface area contributed by atoms with Crippen molar-refractivity contribution in [1.29, 1.82) is 0 Å². The molecule has 9 nitrogen and oxygen atoms in total. The molecule has 9 heteroatoms. The number of hydrogen-bond donors (Lipinski definition) is 2. The van der Waals surface area contributed by atoms with E-state index in [1.807, 2.05) is 75.4 Å². The van der Waals surface area contributed by atoms with Gasteiger partial charge >= 0.3 is 6.09 Å². The number of aromatic nitrogens is 2. The third-order valence-corrected chi connectivity index (χ3v) is 6.29. The highest BCUT2D eigenvalue weighted by molar-refractivity contribution is 5.92. The van der Waals surface area contributed by atoms with E-state index < -0.39 is 11.7 Å². The molecule has 0 saturated carbocycles. The Morgan fingerprint density at radius 2 is 1.65 bits per heavy atom. The lowest BCUT2D eigenvalue weighted by atomic mass is 10.1. The third kappa shape index (κ3) is 6.43. The number of nitrogens with one attached hydrogen (secondary N) is 1. The number of benzene rings is 3. The fourth-order valence-corrected chi connectivity index (χ4v) is 4.49. The molecule has 40 heavy (non-hydrogen) atoms. The molecule has 0 bridgehead atoms. The maximum atomic E-state index is 12.9. The Bertz CT molecular complexity index is 1420. The molecule has 3 aromatic carbocycles. The summed E-state index contributed by atoms with van der Waals surface area (Å²) in [7, 11) is 0. The van der Waals surface area contributed by atoms with E-state index in [4.69, 9.17) is 15.2 Å². The van der Waals surface area contributed by atoms with Gasteiger partial charge in [-0.1, -0.05) is 60.7 Å². The number of carbonyl (C=O) groups is 1. The summed E-state index contributed by atoms with van der Waals surface area (Å²) in [4.78, 5) is 25.6. The van der Waals surface area contributed by atoms with Crippen LogP contribution in [0.5, 0.6) is 5.75 Å². The molecule has 0 saturated heterocycles. The van der Waals surface area contributed by atoms with Gasteiger partial charge in [0.05, 0.1) is 12.2 Å². The summed E-state index contributed by atoms with van der Waals surface area (Å²) < 4.78 is 11.4. The first kappa shape index (κ1) is 26.8. The van der Waals surface area contributed by atoms with E-state index in [2.05, 4.69) is 44.5 Å². The van der Waals surface area contributed by atoms with E-state index in [9.17, 15) is 4.79 Å². The van der Waals surface area contributed by atoms with E-state index >= 15 is 0 Å². The minimum atomic E-state index is -0.609. The van der Waals surface area contributed by atoms with Crippen molar-refractivity contribution in [2.75, 3.05) is 34.0 Å². The predicted molar refractivity (Wildman–Crippen MR) is 158 cm³/mol. The van der Waals surface area contributed by atoms with Gasteiger partial charge in [-0.3, -0.25) is 4.90 Å². The van der Waals surface area contributed by atoms with Gasteiger partial charge in [-0.2, -0.15) is 0 Å². The van der Waals surface area contributed by atoms with Gasteiger partial charge in [0, 0.05) is 18.8 Å². The van der Waals surface area contributed by atoms with Crippen molar-refractivity contribution in [2.24, 2.45) is 0 Å². The molecule has 0 fully saturated rings. The second-order valence-corrected chi connectivity index (χ2v) is 10.6. The fraction of sp³-hybridized carbons (Fsp3) is 0.258. The lowest BCUT2D eigenvalue weighted by molar-refractivity contribution is 0.0568. The lowest BCUT2D eigenvalue weighted by Gasteiger charge is -2.32. The van der Waals surface area contributed by atoms with Gasteiger partial charge < -0.3 is 25.4 Å². The first-order valence-electron chi connectivity index (χ1n) is 13.2. The molecule has 2 heterocycles. The van der Waals surface area contributed by atoms with Crippen molar-refractivity contribution in [3.05, 3.63) is 96.3 Å². The fourth-order valence-electron chi connectivity index (χ4n) is 4.49. The van der Waals surface area contributed by atoms with Gasteiger partial charge in [0.1, 0.15) is 30.0 Å². The number of anilines is 5. The number of hydrogen-bond acceptors (Lipinski definition) is 8. The van der Waals surface area contributed by atoms with E-state index in [1.165, 1.54) is 6.33 Å². The summed E-state index contributed by atoms with van der Waals surface area (Å²) in [6.45, 7) is 7.56. The molecule has 1 aliphatic rings. The van der Waals surface area contributed by atoms with Crippen molar-refractivity contribution in [2.45, 2.75) is 39.5 Å². The molecule has 0 spiro atoms. The Morgan fingerprint density at radius 1 is 1.00 bits per heavy atom. The molecule has 0 atom stereocenters. The van der Waals surface area contributed by atoms with Crippen LogP contribution in [0, 0.1) is 0 Å². The highest BCUT2D eigenvalue weighted by atomic mass is 16.6. The van der Waals surface area contributed by atoms with Crippen molar-refractivity contribution < 1.29 is 14.3 Å². The standard InChI is InChI=1S/C31H34N6O3/c1-31(2,3)40-30(38)37-16-17-39-26-15-14-24(18-25(26)37)35-28-27(32)29(34-21-33-28)36(19-22-10-6-4-7-11-22)20-23-12-8-5-9-13-23/h4-15,18,21H,16-17,19-20,32H2,1-3H3,(H,33,34,35). The van der Waals surface area contributed by atoms with Crippen LogP contribution in [0.1, 0.15) is 31.9 Å². The van der Waals surface area contributed by atoms with Gasteiger partial charge in [-0.05, 0) is 50.1 Å². The smallest absolute Gasteiger partial charge is 0.415 e. The van der Waals surface area contributed by atoms with Crippen LogP contribution in [0.3, 0.4) is 0 Å². The van der Waals surface area contributed by atoms with Crippen molar-refractivity contribution in [3.8, 4) is 5.75 Å². The highest BCUT2D eigenvalue weighted by Gasteiger charge is 2.28. The number of ether oxygens (including phenoxy) is 2. The Balaban J connectivity index is 1.43. The zero-order chi connectivity index (χ0) is 28.1. The quantitative estimate of drug-likeness (QED) is 0.289. The molecule has 1 aliphatic heterocycles. The zero-order valence-corrected chi connectivity index (χ0v) is 23.0.